The van der Waals surface area contributed by atoms with Gasteiger partial charge in [0, 0.05) is 45.3 Å². The maximum Gasteiger partial charge on any atom is 0.328 e. The Morgan fingerprint density at radius 3 is 2.52 bits per heavy atom. The van der Waals surface area contributed by atoms with Gasteiger partial charge in [-0.15, -0.1) is 0 Å². The lowest BCUT2D eigenvalue weighted by Gasteiger charge is -2.36. The molecule has 0 aliphatic carbocycles. The molecule has 1 N–H and O–H groups in total. The van der Waals surface area contributed by atoms with Gasteiger partial charge in [-0.2, -0.15) is 0 Å². The van der Waals surface area contributed by atoms with Crippen LogP contribution in [0.2, 0.25) is 0 Å². The van der Waals surface area contributed by atoms with Crippen LogP contribution in [0.1, 0.15) is 0 Å². The van der Waals surface area contributed by atoms with Crippen LogP contribution in [0.5, 0.6) is 17.2 Å². The zero-order chi connectivity index (χ0) is 21.4. The number of nitrogens with zero attached hydrogens (tertiary/aromatic N) is 3. The molecule has 9 nitrogen and oxygen atoms in total. The van der Waals surface area contributed by atoms with Crippen molar-refractivity contribution in [2.75, 3.05) is 51.5 Å². The van der Waals surface area contributed by atoms with E-state index in [4.69, 9.17) is 14.2 Å². The Morgan fingerprint density at radius 2 is 1.74 bits per heavy atom. The zero-order valence-corrected chi connectivity index (χ0v) is 17.3. The van der Waals surface area contributed by atoms with Gasteiger partial charge in [0.15, 0.2) is 11.5 Å². The standard InChI is InChI=1S/C22H24N4O5/c1-29-18-5-3-2-4-17(18)25-9-6-24(7-10-25)8-11-26-21(27)15-12-19-20(31-14-30-19)13-16(15)23-22(26)28/h2-5,12-13H,6-11,14H2,1H3,(H,23,28). The second-order valence-corrected chi connectivity index (χ2v) is 7.64. The minimum atomic E-state index is -0.413. The number of H-pyrrole nitrogens is 1. The molecule has 0 amide bonds. The van der Waals surface area contributed by atoms with Crippen molar-refractivity contribution in [3.05, 3.63) is 57.2 Å². The van der Waals surface area contributed by atoms with Gasteiger partial charge in [-0.05, 0) is 18.2 Å². The Bertz CT molecular complexity index is 1230. The second kappa shape index (κ2) is 7.99. The molecule has 31 heavy (non-hydrogen) atoms. The van der Waals surface area contributed by atoms with Crippen molar-refractivity contribution in [2.45, 2.75) is 6.54 Å². The van der Waals surface area contributed by atoms with Crippen LogP contribution in [0.3, 0.4) is 0 Å². The van der Waals surface area contributed by atoms with Gasteiger partial charge in [0.2, 0.25) is 6.79 Å². The molecule has 5 rings (SSSR count). The van der Waals surface area contributed by atoms with E-state index in [2.05, 4.69) is 20.9 Å². The summed E-state index contributed by atoms with van der Waals surface area (Å²) in [4.78, 5) is 32.8. The van der Waals surface area contributed by atoms with Crippen molar-refractivity contribution >= 4 is 16.6 Å². The number of ether oxygens (including phenoxy) is 3. The Kier molecular flexibility index (Phi) is 5.03. The van der Waals surface area contributed by atoms with E-state index in [1.165, 1.54) is 4.57 Å². The van der Waals surface area contributed by atoms with Crippen LogP contribution in [-0.4, -0.2) is 61.1 Å². The largest absolute Gasteiger partial charge is 0.495 e. The van der Waals surface area contributed by atoms with Crippen LogP contribution >= 0.6 is 0 Å². The first kappa shape index (κ1) is 19.5. The molecule has 0 atom stereocenters. The summed E-state index contributed by atoms with van der Waals surface area (Å²) in [5.41, 5.74) is 0.820. The van der Waals surface area contributed by atoms with E-state index in [1.807, 2.05) is 18.2 Å². The van der Waals surface area contributed by atoms with Crippen LogP contribution in [0.4, 0.5) is 5.69 Å². The first-order valence-electron chi connectivity index (χ1n) is 10.3. The van der Waals surface area contributed by atoms with Gasteiger partial charge in [0.1, 0.15) is 5.75 Å². The number of hydrogen-bond donors (Lipinski definition) is 1. The Morgan fingerprint density at radius 1 is 1.00 bits per heavy atom. The van der Waals surface area contributed by atoms with Crippen molar-refractivity contribution in [2.24, 2.45) is 0 Å². The molecule has 1 fully saturated rings. The smallest absolute Gasteiger partial charge is 0.328 e. The second-order valence-electron chi connectivity index (χ2n) is 7.64. The van der Waals surface area contributed by atoms with Gasteiger partial charge in [-0.1, -0.05) is 12.1 Å². The lowest BCUT2D eigenvalue weighted by molar-refractivity contribution is 0.174. The molecule has 0 spiro atoms. The highest BCUT2D eigenvalue weighted by Crippen LogP contribution is 2.34. The Balaban J connectivity index is 1.28. The van der Waals surface area contributed by atoms with E-state index < -0.39 is 5.69 Å². The molecule has 2 aliphatic heterocycles. The van der Waals surface area contributed by atoms with Gasteiger partial charge in [0.25, 0.3) is 5.56 Å². The topological polar surface area (TPSA) is 89.0 Å². The summed E-state index contributed by atoms with van der Waals surface area (Å²) in [5, 5.41) is 0.421. The minimum absolute atomic E-state index is 0.116. The van der Waals surface area contributed by atoms with Gasteiger partial charge in [0.05, 0.1) is 23.7 Å². The monoisotopic (exact) mass is 424 g/mol. The van der Waals surface area contributed by atoms with E-state index in [-0.39, 0.29) is 12.4 Å². The van der Waals surface area contributed by atoms with Crippen molar-refractivity contribution < 1.29 is 14.2 Å². The minimum Gasteiger partial charge on any atom is -0.495 e. The van der Waals surface area contributed by atoms with E-state index in [0.29, 0.717) is 35.5 Å². The highest BCUT2D eigenvalue weighted by atomic mass is 16.7. The van der Waals surface area contributed by atoms with Crippen molar-refractivity contribution in [1.29, 1.82) is 0 Å². The average molecular weight is 424 g/mol. The molecule has 2 aromatic carbocycles. The average Bonchev–Trinajstić information content (AvgIpc) is 3.25. The normalized spacial score (nSPS) is 16.1. The molecular formula is C22H24N4O5. The lowest BCUT2D eigenvalue weighted by atomic mass is 10.2. The fourth-order valence-electron chi connectivity index (χ4n) is 4.19. The summed E-state index contributed by atoms with van der Waals surface area (Å²) in [7, 11) is 1.68. The van der Waals surface area contributed by atoms with E-state index >= 15 is 0 Å². The molecule has 0 bridgehead atoms. The maximum atomic E-state index is 12.9. The molecule has 0 unspecified atom stereocenters. The summed E-state index contributed by atoms with van der Waals surface area (Å²) in [6, 6.07) is 11.3. The van der Waals surface area contributed by atoms with Crippen LogP contribution in [-0.2, 0) is 6.54 Å². The summed E-state index contributed by atoms with van der Waals surface area (Å²) < 4.78 is 17.4. The molecule has 2 aliphatic rings. The van der Waals surface area contributed by atoms with E-state index in [1.54, 1.807) is 19.2 Å². The summed E-state index contributed by atoms with van der Waals surface area (Å²) in [6.45, 7) is 4.46. The van der Waals surface area contributed by atoms with Crippen LogP contribution < -0.4 is 30.4 Å². The Hall–Kier alpha value is -3.46. The third-order valence-corrected chi connectivity index (χ3v) is 5.91. The first-order chi connectivity index (χ1) is 15.1. The number of aromatic amines is 1. The number of piperazine rings is 1. The fraction of sp³-hybridized carbons (Fsp3) is 0.364. The molecular weight excluding hydrogens is 400 g/mol. The number of aromatic nitrogens is 2. The number of hydrogen-bond acceptors (Lipinski definition) is 7. The molecule has 1 aromatic heterocycles. The number of methoxy groups -OCH3 is 1. The molecule has 162 valence electrons. The summed E-state index contributed by atoms with van der Waals surface area (Å²) in [5.74, 6) is 1.93. The Labute approximate surface area is 178 Å². The first-order valence-corrected chi connectivity index (χ1v) is 10.3. The van der Waals surface area contributed by atoms with Crippen LogP contribution in [0.25, 0.3) is 10.9 Å². The van der Waals surface area contributed by atoms with E-state index in [9.17, 15) is 9.59 Å². The number of fused-ring (bicyclic) bond motifs is 2. The molecule has 1 saturated heterocycles. The van der Waals surface area contributed by atoms with E-state index in [0.717, 1.165) is 37.6 Å². The lowest BCUT2D eigenvalue weighted by Crippen LogP contribution is -2.48. The van der Waals surface area contributed by atoms with Crippen molar-refractivity contribution in [3.8, 4) is 17.2 Å². The number of nitrogens with one attached hydrogen (secondary N) is 1. The zero-order valence-electron chi connectivity index (χ0n) is 17.3. The number of rotatable bonds is 5. The van der Waals surface area contributed by atoms with Crippen molar-refractivity contribution in [1.82, 2.24) is 14.5 Å². The van der Waals surface area contributed by atoms with Gasteiger partial charge in [-0.25, -0.2) is 4.79 Å². The number of benzene rings is 2. The predicted molar refractivity (Wildman–Crippen MR) is 117 cm³/mol. The predicted octanol–water partition coefficient (Wildman–Crippen LogP) is 1.25. The van der Waals surface area contributed by atoms with Gasteiger partial charge in [-0.3, -0.25) is 14.3 Å². The van der Waals surface area contributed by atoms with Crippen molar-refractivity contribution in [3.63, 3.8) is 0 Å². The maximum absolute atomic E-state index is 12.9. The molecule has 3 aromatic rings. The number of para-hydroxylation sites is 2. The highest BCUT2D eigenvalue weighted by Gasteiger charge is 2.21. The van der Waals surface area contributed by atoms with Crippen LogP contribution in [0, 0.1) is 0 Å². The fourth-order valence-corrected chi connectivity index (χ4v) is 4.19. The third-order valence-electron chi connectivity index (χ3n) is 5.91. The van der Waals surface area contributed by atoms with Gasteiger partial charge < -0.3 is 24.1 Å². The quantitative estimate of drug-likeness (QED) is 0.659. The van der Waals surface area contributed by atoms with Gasteiger partial charge >= 0.3 is 5.69 Å². The molecule has 3 heterocycles. The summed E-state index contributed by atoms with van der Waals surface area (Å²) in [6.07, 6.45) is 0. The third kappa shape index (κ3) is 3.61. The SMILES string of the molecule is COc1ccccc1N1CCN(CCn2c(=O)[nH]c3cc4c(cc3c2=O)OCO4)CC1. The summed E-state index contributed by atoms with van der Waals surface area (Å²) >= 11 is 0. The van der Waals surface area contributed by atoms with Crippen LogP contribution in [0.15, 0.2) is 46.0 Å². The number of anilines is 1. The molecule has 0 saturated carbocycles. The molecule has 9 heteroatoms. The molecule has 0 radical (unpaired) electrons. The highest BCUT2D eigenvalue weighted by molar-refractivity contribution is 5.81.